The zero-order valence-electron chi connectivity index (χ0n) is 19.8. The van der Waals surface area contributed by atoms with Crippen molar-refractivity contribution in [3.05, 3.63) is 70.5 Å². The summed E-state index contributed by atoms with van der Waals surface area (Å²) in [5, 5.41) is 3.87. The van der Waals surface area contributed by atoms with E-state index in [1.807, 2.05) is 49.4 Å². The predicted octanol–water partition coefficient (Wildman–Crippen LogP) is 3.97. The normalized spacial score (nSPS) is 12.2. The van der Waals surface area contributed by atoms with Gasteiger partial charge in [-0.15, -0.1) is 0 Å². The summed E-state index contributed by atoms with van der Waals surface area (Å²) in [5.74, 6) is -0.0481. The highest BCUT2D eigenvalue weighted by atomic mass is 32.2. The number of para-hydroxylation sites is 1. The molecule has 1 heterocycles. The molecule has 0 aliphatic rings. The zero-order valence-corrected chi connectivity index (χ0v) is 20.6. The van der Waals surface area contributed by atoms with Crippen molar-refractivity contribution in [2.45, 2.75) is 50.6 Å². The maximum Gasteiger partial charge on any atom is 0.262 e. The summed E-state index contributed by atoms with van der Waals surface area (Å²) in [6.45, 7) is 10.2. The van der Waals surface area contributed by atoms with Crippen molar-refractivity contribution in [3.8, 4) is 0 Å². The van der Waals surface area contributed by atoms with Crippen LogP contribution in [0.5, 0.6) is 0 Å². The minimum atomic E-state index is -0.358. The number of rotatable bonds is 12. The number of amides is 1. The van der Waals surface area contributed by atoms with Crippen LogP contribution in [0.1, 0.15) is 32.8 Å². The molecule has 1 amide bonds. The monoisotopic (exact) mass is 466 g/mol. The molecule has 176 valence electrons. The second kappa shape index (κ2) is 12.6. The molecule has 0 bridgehead atoms. The van der Waals surface area contributed by atoms with Crippen molar-refractivity contribution in [2.24, 2.45) is 0 Å². The molecule has 1 atom stereocenters. The van der Waals surface area contributed by atoms with Crippen molar-refractivity contribution < 1.29 is 4.79 Å². The largest absolute Gasteiger partial charge is 0.355 e. The number of thioether (sulfide) groups is 1. The van der Waals surface area contributed by atoms with Gasteiger partial charge in [0.1, 0.15) is 0 Å². The molecule has 3 rings (SSSR count). The first kappa shape index (κ1) is 25.0. The van der Waals surface area contributed by atoms with E-state index < -0.39 is 0 Å². The molecule has 1 N–H and O–H groups in total. The van der Waals surface area contributed by atoms with Crippen molar-refractivity contribution in [3.63, 3.8) is 0 Å². The van der Waals surface area contributed by atoms with Gasteiger partial charge in [0.2, 0.25) is 5.91 Å². The molecule has 3 aromatic rings. The van der Waals surface area contributed by atoms with Gasteiger partial charge < -0.3 is 10.2 Å². The highest BCUT2D eigenvalue weighted by Gasteiger charge is 2.19. The van der Waals surface area contributed by atoms with E-state index in [1.54, 1.807) is 4.57 Å². The van der Waals surface area contributed by atoms with Gasteiger partial charge in [0.15, 0.2) is 5.16 Å². The Morgan fingerprint density at radius 2 is 1.79 bits per heavy atom. The van der Waals surface area contributed by atoms with Crippen LogP contribution in [0.25, 0.3) is 10.9 Å². The Kier molecular flexibility index (Phi) is 9.51. The van der Waals surface area contributed by atoms with Gasteiger partial charge in [-0.1, -0.05) is 68.1 Å². The fourth-order valence-corrected chi connectivity index (χ4v) is 4.72. The van der Waals surface area contributed by atoms with E-state index in [-0.39, 0.29) is 16.7 Å². The number of aromatic nitrogens is 2. The van der Waals surface area contributed by atoms with Crippen molar-refractivity contribution in [1.82, 2.24) is 19.8 Å². The predicted molar refractivity (Wildman–Crippen MR) is 137 cm³/mol. The number of hydrogen-bond donors (Lipinski definition) is 1. The number of carbonyl (C=O) groups is 1. The molecule has 1 aromatic heterocycles. The molecule has 0 saturated heterocycles. The van der Waals surface area contributed by atoms with Crippen LogP contribution in [0, 0.1) is 0 Å². The van der Waals surface area contributed by atoms with Crippen LogP contribution < -0.4 is 10.9 Å². The molecule has 7 heteroatoms. The van der Waals surface area contributed by atoms with Gasteiger partial charge >= 0.3 is 0 Å². The minimum absolute atomic E-state index is 0.0423. The SMILES string of the molecule is CCN(CC)CCCn1c(S[C@@H](C)C(=O)NCCc2ccccc2)nc2ccccc2c1=O. The number of carbonyl (C=O) groups excluding carboxylic acids is 1. The van der Waals surface area contributed by atoms with E-state index in [9.17, 15) is 9.59 Å². The van der Waals surface area contributed by atoms with Gasteiger partial charge in [0.05, 0.1) is 16.2 Å². The number of fused-ring (bicyclic) bond motifs is 1. The number of hydrogen-bond acceptors (Lipinski definition) is 5. The summed E-state index contributed by atoms with van der Waals surface area (Å²) >= 11 is 1.35. The van der Waals surface area contributed by atoms with Crippen LogP contribution in [0.2, 0.25) is 0 Å². The second-order valence-electron chi connectivity index (χ2n) is 8.04. The van der Waals surface area contributed by atoms with E-state index in [1.165, 1.54) is 17.3 Å². The summed E-state index contributed by atoms with van der Waals surface area (Å²) in [6.07, 6.45) is 1.64. The lowest BCUT2D eigenvalue weighted by Gasteiger charge is -2.20. The quantitative estimate of drug-likeness (QED) is 0.323. The smallest absolute Gasteiger partial charge is 0.262 e. The van der Waals surface area contributed by atoms with Gasteiger partial charge in [0.25, 0.3) is 5.56 Å². The number of nitrogens with zero attached hydrogens (tertiary/aromatic N) is 3. The maximum absolute atomic E-state index is 13.2. The summed E-state index contributed by atoms with van der Waals surface area (Å²) < 4.78 is 1.74. The zero-order chi connectivity index (χ0) is 23.6. The Morgan fingerprint density at radius 1 is 1.09 bits per heavy atom. The standard InChI is InChI=1S/C26H34N4O2S/c1-4-29(5-2)18-11-19-30-25(32)22-14-9-10-15-23(22)28-26(30)33-20(3)24(31)27-17-16-21-12-7-6-8-13-21/h6-10,12-15,20H,4-5,11,16-19H2,1-3H3,(H,27,31)/t20-/m0/s1. The van der Waals surface area contributed by atoms with Gasteiger partial charge in [0, 0.05) is 13.1 Å². The van der Waals surface area contributed by atoms with Crippen molar-refractivity contribution in [2.75, 3.05) is 26.2 Å². The average Bonchev–Trinajstić information content (AvgIpc) is 2.84. The third kappa shape index (κ3) is 6.92. The fraction of sp³-hybridized carbons (Fsp3) is 0.423. The lowest BCUT2D eigenvalue weighted by atomic mass is 10.1. The average molecular weight is 467 g/mol. The fourth-order valence-electron chi connectivity index (χ4n) is 3.76. The summed E-state index contributed by atoms with van der Waals surface area (Å²) in [6, 6.07) is 17.5. The first-order valence-corrected chi connectivity index (χ1v) is 12.6. The van der Waals surface area contributed by atoms with E-state index >= 15 is 0 Å². The second-order valence-corrected chi connectivity index (χ2v) is 9.34. The topological polar surface area (TPSA) is 67.2 Å². The Balaban J connectivity index is 1.71. The van der Waals surface area contributed by atoms with E-state index in [4.69, 9.17) is 4.98 Å². The molecule has 0 aliphatic heterocycles. The molecule has 33 heavy (non-hydrogen) atoms. The Labute approximate surface area is 200 Å². The summed E-state index contributed by atoms with van der Waals surface area (Å²) in [4.78, 5) is 33.1. The molecular formula is C26H34N4O2S. The molecule has 0 aliphatic carbocycles. The number of benzene rings is 2. The van der Waals surface area contributed by atoms with Crippen LogP contribution in [-0.4, -0.2) is 51.8 Å². The van der Waals surface area contributed by atoms with Gasteiger partial charge in [-0.25, -0.2) is 4.98 Å². The van der Waals surface area contributed by atoms with Gasteiger partial charge in [-0.05, 0) is 57.1 Å². The minimum Gasteiger partial charge on any atom is -0.355 e. The molecule has 0 fully saturated rings. The van der Waals surface area contributed by atoms with E-state index in [0.29, 0.717) is 29.1 Å². The van der Waals surface area contributed by atoms with E-state index in [0.717, 1.165) is 32.5 Å². The molecule has 0 saturated carbocycles. The lowest BCUT2D eigenvalue weighted by Crippen LogP contribution is -2.33. The van der Waals surface area contributed by atoms with Crippen molar-refractivity contribution in [1.29, 1.82) is 0 Å². The highest BCUT2D eigenvalue weighted by molar-refractivity contribution is 8.00. The third-order valence-electron chi connectivity index (χ3n) is 5.78. The van der Waals surface area contributed by atoms with E-state index in [2.05, 4.69) is 36.2 Å². The molecule has 2 aromatic carbocycles. The van der Waals surface area contributed by atoms with Crippen LogP contribution in [-0.2, 0) is 17.8 Å². The lowest BCUT2D eigenvalue weighted by molar-refractivity contribution is -0.120. The third-order valence-corrected chi connectivity index (χ3v) is 6.87. The molecule has 0 spiro atoms. The molecule has 0 radical (unpaired) electrons. The molecule has 0 unspecified atom stereocenters. The highest BCUT2D eigenvalue weighted by Crippen LogP contribution is 2.23. The molecule has 6 nitrogen and oxygen atoms in total. The van der Waals surface area contributed by atoms with Gasteiger partial charge in [-0.3, -0.25) is 14.2 Å². The Morgan fingerprint density at radius 3 is 2.52 bits per heavy atom. The molecular weight excluding hydrogens is 432 g/mol. The Hall–Kier alpha value is -2.64. The first-order valence-electron chi connectivity index (χ1n) is 11.7. The van der Waals surface area contributed by atoms with Crippen LogP contribution in [0.4, 0.5) is 0 Å². The van der Waals surface area contributed by atoms with Crippen LogP contribution in [0.3, 0.4) is 0 Å². The van der Waals surface area contributed by atoms with Gasteiger partial charge in [-0.2, -0.15) is 0 Å². The van der Waals surface area contributed by atoms with Crippen molar-refractivity contribution >= 4 is 28.6 Å². The first-order chi connectivity index (χ1) is 16.0. The number of nitrogens with one attached hydrogen (secondary N) is 1. The van der Waals surface area contributed by atoms with Crippen LogP contribution >= 0.6 is 11.8 Å². The Bertz CT molecular complexity index is 1100. The maximum atomic E-state index is 13.2. The summed E-state index contributed by atoms with van der Waals surface area (Å²) in [5.41, 5.74) is 1.82. The van der Waals surface area contributed by atoms with Crippen LogP contribution in [0.15, 0.2) is 64.5 Å². The summed E-state index contributed by atoms with van der Waals surface area (Å²) in [7, 11) is 0.